The van der Waals surface area contributed by atoms with Gasteiger partial charge >= 0.3 is 17.6 Å². The molecule has 3 atom stereocenters. The summed E-state index contributed by atoms with van der Waals surface area (Å²) in [7, 11) is 0. The minimum Gasteiger partial charge on any atom is -0.459 e. The number of benzene rings is 2. The second-order valence-corrected chi connectivity index (χ2v) is 9.28. The zero-order chi connectivity index (χ0) is 26.5. The van der Waals surface area contributed by atoms with Crippen LogP contribution in [0.3, 0.4) is 0 Å². The van der Waals surface area contributed by atoms with Gasteiger partial charge in [-0.05, 0) is 44.5 Å². The third-order valence-electron chi connectivity index (χ3n) is 6.11. The zero-order valence-corrected chi connectivity index (χ0v) is 21.2. The minimum absolute atomic E-state index is 0.108. The van der Waals surface area contributed by atoms with Crippen molar-refractivity contribution in [3.8, 4) is 0 Å². The molecule has 37 heavy (non-hydrogen) atoms. The summed E-state index contributed by atoms with van der Waals surface area (Å²) >= 11 is 5.78. The maximum Gasteiger partial charge on any atom is 0.338 e. The molecular formula is C27H27ClN2O7. The summed E-state index contributed by atoms with van der Waals surface area (Å²) in [4.78, 5) is 52.3. The van der Waals surface area contributed by atoms with Crippen molar-refractivity contribution in [2.24, 2.45) is 0 Å². The number of rotatable bonds is 8. The first-order chi connectivity index (χ1) is 17.7. The number of nitrogens with one attached hydrogen (secondary N) is 1. The number of H-pyrrole nitrogens is 1. The van der Waals surface area contributed by atoms with Crippen molar-refractivity contribution in [1.29, 1.82) is 0 Å². The maximum atomic E-state index is 12.8. The number of carbonyl (C=O) groups is 2. The summed E-state index contributed by atoms with van der Waals surface area (Å²) in [6.07, 6.45) is -0.765. The van der Waals surface area contributed by atoms with Crippen LogP contribution in [0.2, 0.25) is 0 Å². The van der Waals surface area contributed by atoms with Crippen molar-refractivity contribution in [3.63, 3.8) is 0 Å². The van der Waals surface area contributed by atoms with Crippen molar-refractivity contribution >= 4 is 23.5 Å². The Kier molecular flexibility index (Phi) is 8.25. The van der Waals surface area contributed by atoms with Crippen LogP contribution in [0, 0.1) is 13.8 Å². The number of hydrogen-bond donors (Lipinski definition) is 1. The van der Waals surface area contributed by atoms with Gasteiger partial charge in [0.15, 0.2) is 0 Å². The molecule has 1 aliphatic rings. The monoisotopic (exact) mass is 526 g/mol. The summed E-state index contributed by atoms with van der Waals surface area (Å²) in [6.45, 7) is 3.61. The first kappa shape index (κ1) is 26.4. The van der Waals surface area contributed by atoms with Crippen LogP contribution in [0.4, 0.5) is 0 Å². The van der Waals surface area contributed by atoms with Crippen molar-refractivity contribution in [1.82, 2.24) is 9.55 Å². The van der Waals surface area contributed by atoms with E-state index >= 15 is 0 Å². The quantitative estimate of drug-likeness (QED) is 0.353. The molecule has 0 bridgehead atoms. The average molecular weight is 527 g/mol. The molecule has 194 valence electrons. The van der Waals surface area contributed by atoms with E-state index in [4.69, 9.17) is 25.8 Å². The fourth-order valence-electron chi connectivity index (χ4n) is 3.99. The lowest BCUT2D eigenvalue weighted by molar-refractivity contribution is -0.0582. The molecule has 0 saturated carbocycles. The van der Waals surface area contributed by atoms with E-state index in [0.29, 0.717) is 16.7 Å². The Labute approximate surface area is 217 Å². The smallest absolute Gasteiger partial charge is 0.338 e. The molecular weight excluding hydrogens is 500 g/mol. The van der Waals surface area contributed by atoms with Gasteiger partial charge < -0.3 is 14.2 Å². The van der Waals surface area contributed by atoms with Crippen LogP contribution in [-0.4, -0.2) is 46.2 Å². The number of carbonyl (C=O) groups excluding carboxylic acids is 2. The second-order valence-electron chi connectivity index (χ2n) is 8.90. The van der Waals surface area contributed by atoms with Gasteiger partial charge in [0.25, 0.3) is 5.56 Å². The molecule has 2 heterocycles. The summed E-state index contributed by atoms with van der Waals surface area (Å²) in [5.41, 5.74) is 1.85. The molecule has 1 saturated heterocycles. The number of alkyl halides is 1. The predicted molar refractivity (Wildman–Crippen MR) is 136 cm³/mol. The van der Waals surface area contributed by atoms with Crippen molar-refractivity contribution < 1.29 is 23.8 Å². The van der Waals surface area contributed by atoms with Crippen LogP contribution >= 0.6 is 11.6 Å². The number of esters is 2. The third kappa shape index (κ3) is 6.36. The van der Waals surface area contributed by atoms with E-state index in [1.165, 1.54) is 10.8 Å². The van der Waals surface area contributed by atoms with Gasteiger partial charge in [0.1, 0.15) is 25.0 Å². The minimum atomic E-state index is -0.864. The van der Waals surface area contributed by atoms with E-state index in [-0.39, 0.29) is 25.3 Å². The topological polar surface area (TPSA) is 117 Å². The lowest BCUT2D eigenvalue weighted by atomic mass is 10.1. The first-order valence-electron chi connectivity index (χ1n) is 11.8. The number of aromatic nitrogens is 2. The van der Waals surface area contributed by atoms with E-state index in [1.54, 1.807) is 48.5 Å². The maximum absolute atomic E-state index is 12.8. The van der Waals surface area contributed by atoms with Gasteiger partial charge in [0, 0.05) is 24.1 Å². The van der Waals surface area contributed by atoms with E-state index in [0.717, 1.165) is 11.1 Å². The highest BCUT2D eigenvalue weighted by molar-refractivity contribution is 6.17. The Morgan fingerprint density at radius 2 is 1.59 bits per heavy atom. The average Bonchev–Trinajstić information content (AvgIpc) is 3.27. The van der Waals surface area contributed by atoms with Gasteiger partial charge in [-0.2, -0.15) is 0 Å². The molecule has 0 spiro atoms. The van der Waals surface area contributed by atoms with Gasteiger partial charge in [-0.1, -0.05) is 35.4 Å². The standard InChI is InChI=1S/C27H27ClN2O7/c1-16-3-7-18(8-4-16)25(32)35-15-22-21(37-26(33)19-9-5-17(2)6-10-19)13-23(36-22)30-14-20(11-12-28)24(31)29-27(30)34/h3-10,14,21-23H,11-13,15H2,1-2H3,(H,29,31,34)/t21-,22+,23+/m0/s1. The first-order valence-corrected chi connectivity index (χ1v) is 12.4. The Hall–Kier alpha value is -3.69. The number of ether oxygens (including phenoxy) is 3. The lowest BCUT2D eigenvalue weighted by Crippen LogP contribution is -2.34. The van der Waals surface area contributed by atoms with E-state index < -0.39 is 41.6 Å². The van der Waals surface area contributed by atoms with Gasteiger partial charge in [0.05, 0.1) is 11.1 Å². The Bertz CT molecular complexity index is 1380. The number of hydrogen-bond acceptors (Lipinski definition) is 7. The molecule has 9 nitrogen and oxygen atoms in total. The molecule has 10 heteroatoms. The molecule has 0 amide bonds. The van der Waals surface area contributed by atoms with Crippen molar-refractivity contribution in [2.75, 3.05) is 12.5 Å². The van der Waals surface area contributed by atoms with Crippen LogP contribution in [0.25, 0.3) is 0 Å². The van der Waals surface area contributed by atoms with Crippen molar-refractivity contribution in [2.45, 2.75) is 45.1 Å². The largest absolute Gasteiger partial charge is 0.459 e. The highest BCUT2D eigenvalue weighted by Gasteiger charge is 2.40. The van der Waals surface area contributed by atoms with Crippen LogP contribution in [0.5, 0.6) is 0 Å². The molecule has 1 fully saturated rings. The molecule has 1 N–H and O–H groups in total. The fraction of sp³-hybridized carbons (Fsp3) is 0.333. The highest BCUT2D eigenvalue weighted by atomic mass is 35.5. The molecule has 0 radical (unpaired) electrons. The normalized spacial score (nSPS) is 18.9. The number of aromatic amines is 1. The fourth-order valence-corrected chi connectivity index (χ4v) is 4.20. The van der Waals surface area contributed by atoms with Crippen LogP contribution in [0.1, 0.15) is 50.1 Å². The molecule has 3 aromatic rings. The Morgan fingerprint density at radius 3 is 2.19 bits per heavy atom. The van der Waals surface area contributed by atoms with Gasteiger partial charge in [-0.3, -0.25) is 14.3 Å². The van der Waals surface area contributed by atoms with E-state index in [1.807, 2.05) is 13.8 Å². The van der Waals surface area contributed by atoms with Gasteiger partial charge in [-0.25, -0.2) is 14.4 Å². The summed E-state index contributed by atoms with van der Waals surface area (Å²) in [5, 5.41) is 0. The Morgan fingerprint density at radius 1 is 1.00 bits per heavy atom. The number of halogens is 1. The summed E-state index contributed by atoms with van der Waals surface area (Å²) in [5.74, 6) is -0.928. The van der Waals surface area contributed by atoms with Gasteiger partial charge in [-0.15, -0.1) is 11.6 Å². The molecule has 0 unspecified atom stereocenters. The molecule has 1 aliphatic heterocycles. The molecule has 1 aromatic heterocycles. The van der Waals surface area contributed by atoms with E-state index in [9.17, 15) is 19.2 Å². The predicted octanol–water partition coefficient (Wildman–Crippen LogP) is 3.30. The van der Waals surface area contributed by atoms with Crippen LogP contribution < -0.4 is 11.2 Å². The zero-order valence-electron chi connectivity index (χ0n) is 20.4. The lowest BCUT2D eigenvalue weighted by Gasteiger charge is -2.19. The summed E-state index contributed by atoms with van der Waals surface area (Å²) < 4.78 is 18.5. The molecule has 2 aromatic carbocycles. The molecule has 4 rings (SSSR count). The SMILES string of the molecule is Cc1ccc(C(=O)OC[C@H]2O[C@@H](n3cc(CCCl)c(=O)[nH]c3=O)C[C@@H]2OC(=O)c2ccc(C)cc2)cc1. The van der Waals surface area contributed by atoms with Crippen LogP contribution in [-0.2, 0) is 20.6 Å². The Balaban J connectivity index is 1.55. The van der Waals surface area contributed by atoms with E-state index in [2.05, 4.69) is 4.98 Å². The van der Waals surface area contributed by atoms with Crippen LogP contribution in [0.15, 0.2) is 64.3 Å². The van der Waals surface area contributed by atoms with Gasteiger partial charge in [0.2, 0.25) is 0 Å². The molecule has 0 aliphatic carbocycles. The summed E-state index contributed by atoms with van der Waals surface area (Å²) in [6, 6.07) is 13.8. The number of aryl methyl sites for hydroxylation is 3. The number of nitrogens with zero attached hydrogens (tertiary/aromatic N) is 1. The third-order valence-corrected chi connectivity index (χ3v) is 6.30. The second kappa shape index (κ2) is 11.6. The highest BCUT2D eigenvalue weighted by Crippen LogP contribution is 2.31. The van der Waals surface area contributed by atoms with Crippen molar-refractivity contribution in [3.05, 3.63) is 103 Å².